The van der Waals surface area contributed by atoms with Crippen LogP contribution in [0.3, 0.4) is 0 Å². The van der Waals surface area contributed by atoms with Crippen molar-refractivity contribution >= 4 is 6.29 Å². The fraction of sp³-hybridized carbons (Fsp3) is 0.800. The Balaban J connectivity index is 2.46. The molecular formula is C5H8O4. The second-order valence-corrected chi connectivity index (χ2v) is 1.80. The molecule has 1 fully saturated rings. The Labute approximate surface area is 52.4 Å². The van der Waals surface area contributed by atoms with E-state index >= 15 is 0 Å². The number of hydrogen-bond donors (Lipinski definition) is 1. The van der Waals surface area contributed by atoms with Crippen LogP contribution in [-0.4, -0.2) is 30.6 Å². The van der Waals surface area contributed by atoms with Crippen LogP contribution in [0.5, 0.6) is 0 Å². The van der Waals surface area contributed by atoms with Crippen LogP contribution in [0.1, 0.15) is 6.42 Å². The van der Waals surface area contributed by atoms with Crippen LogP contribution in [0.25, 0.3) is 0 Å². The monoisotopic (exact) mass is 132 g/mol. The highest BCUT2D eigenvalue weighted by Crippen LogP contribution is 2.11. The van der Waals surface area contributed by atoms with Gasteiger partial charge >= 0.3 is 5.97 Å². The molecule has 4 heteroatoms. The van der Waals surface area contributed by atoms with E-state index in [-0.39, 0.29) is 6.29 Å². The minimum absolute atomic E-state index is 0.242. The molecule has 0 spiro atoms. The first-order valence-electron chi connectivity index (χ1n) is 2.73. The van der Waals surface area contributed by atoms with Crippen LogP contribution >= 0.6 is 0 Å². The van der Waals surface area contributed by atoms with Crippen molar-refractivity contribution in [2.75, 3.05) is 13.2 Å². The fourth-order valence-electron chi connectivity index (χ4n) is 0.605. The average molecular weight is 132 g/mol. The normalized spacial score (nSPS) is 25.4. The van der Waals surface area contributed by atoms with Gasteiger partial charge in [0, 0.05) is 0 Å². The molecule has 1 saturated heterocycles. The number of carbonyl (C=O) groups is 1. The van der Waals surface area contributed by atoms with Crippen molar-refractivity contribution in [2.24, 2.45) is 0 Å². The standard InChI is InChI=1S/C5H8O4/c6-4-5(7)8-2-1-3-9-5/h4,7H,1-3H2. The Kier molecular flexibility index (Phi) is 1.80. The molecule has 0 atom stereocenters. The molecule has 0 aromatic carbocycles. The SMILES string of the molecule is O=CC1(O)OCCCO1. The van der Waals surface area contributed by atoms with E-state index in [4.69, 9.17) is 5.11 Å². The molecule has 9 heavy (non-hydrogen) atoms. The lowest BCUT2D eigenvalue weighted by atomic mass is 10.4. The van der Waals surface area contributed by atoms with Gasteiger partial charge in [0.1, 0.15) is 0 Å². The second-order valence-electron chi connectivity index (χ2n) is 1.80. The zero-order valence-corrected chi connectivity index (χ0v) is 4.87. The molecule has 52 valence electrons. The molecule has 0 radical (unpaired) electrons. The van der Waals surface area contributed by atoms with Crippen molar-refractivity contribution in [2.45, 2.75) is 12.4 Å². The Morgan fingerprint density at radius 1 is 1.44 bits per heavy atom. The maximum Gasteiger partial charge on any atom is 0.341 e. The topological polar surface area (TPSA) is 55.8 Å². The van der Waals surface area contributed by atoms with E-state index in [1.807, 2.05) is 0 Å². The molecule has 1 heterocycles. The smallest absolute Gasteiger partial charge is 0.337 e. The number of aliphatic hydroxyl groups is 1. The summed E-state index contributed by atoms with van der Waals surface area (Å²) in [6, 6.07) is 0. The van der Waals surface area contributed by atoms with Gasteiger partial charge in [-0.1, -0.05) is 0 Å². The number of rotatable bonds is 1. The molecule has 0 unspecified atom stereocenters. The molecule has 1 aliphatic heterocycles. The van der Waals surface area contributed by atoms with Gasteiger partial charge in [0.05, 0.1) is 13.2 Å². The van der Waals surface area contributed by atoms with Gasteiger partial charge in [0.2, 0.25) is 6.29 Å². The molecule has 1 rings (SSSR count). The Morgan fingerprint density at radius 3 is 2.33 bits per heavy atom. The highest BCUT2D eigenvalue weighted by atomic mass is 16.8. The van der Waals surface area contributed by atoms with Gasteiger partial charge in [-0.25, -0.2) is 0 Å². The predicted octanol–water partition coefficient (Wildman–Crippen LogP) is -0.732. The van der Waals surface area contributed by atoms with Gasteiger partial charge < -0.3 is 14.6 Å². The number of aldehydes is 1. The van der Waals surface area contributed by atoms with Crippen molar-refractivity contribution in [1.82, 2.24) is 0 Å². The first-order chi connectivity index (χ1) is 4.27. The van der Waals surface area contributed by atoms with Crippen LogP contribution < -0.4 is 0 Å². The molecule has 0 aromatic heterocycles. The van der Waals surface area contributed by atoms with Crippen LogP contribution in [-0.2, 0) is 14.3 Å². The molecular weight excluding hydrogens is 124 g/mol. The van der Waals surface area contributed by atoms with Crippen molar-refractivity contribution in [3.63, 3.8) is 0 Å². The predicted molar refractivity (Wildman–Crippen MR) is 27.5 cm³/mol. The third-order valence-electron chi connectivity index (χ3n) is 1.06. The highest BCUT2D eigenvalue weighted by molar-refractivity contribution is 5.57. The molecule has 1 aliphatic rings. The minimum Gasteiger partial charge on any atom is -0.337 e. The van der Waals surface area contributed by atoms with Crippen LogP contribution in [0.15, 0.2) is 0 Å². The van der Waals surface area contributed by atoms with Crippen molar-refractivity contribution in [3.8, 4) is 0 Å². The van der Waals surface area contributed by atoms with E-state index in [0.29, 0.717) is 13.2 Å². The van der Waals surface area contributed by atoms with Gasteiger partial charge in [-0.05, 0) is 6.42 Å². The lowest BCUT2D eigenvalue weighted by Crippen LogP contribution is -2.41. The maximum absolute atomic E-state index is 9.98. The second kappa shape index (κ2) is 2.43. The number of hydrogen-bond acceptors (Lipinski definition) is 4. The zero-order valence-electron chi connectivity index (χ0n) is 4.87. The number of carbonyl (C=O) groups excluding carboxylic acids is 1. The van der Waals surface area contributed by atoms with Gasteiger partial charge in [-0.2, -0.15) is 0 Å². The quantitative estimate of drug-likeness (QED) is 0.478. The van der Waals surface area contributed by atoms with E-state index in [1.165, 1.54) is 0 Å². The fourth-order valence-corrected chi connectivity index (χ4v) is 0.605. The van der Waals surface area contributed by atoms with Crippen molar-refractivity contribution < 1.29 is 19.4 Å². The third-order valence-corrected chi connectivity index (χ3v) is 1.06. The van der Waals surface area contributed by atoms with Gasteiger partial charge in [0.25, 0.3) is 0 Å². The van der Waals surface area contributed by atoms with Crippen LogP contribution in [0.4, 0.5) is 0 Å². The van der Waals surface area contributed by atoms with E-state index in [2.05, 4.69) is 9.47 Å². The summed E-state index contributed by atoms with van der Waals surface area (Å²) in [7, 11) is 0. The van der Waals surface area contributed by atoms with Gasteiger partial charge in [-0.15, -0.1) is 0 Å². The van der Waals surface area contributed by atoms with Gasteiger partial charge in [-0.3, -0.25) is 4.79 Å². The molecule has 0 amide bonds. The summed E-state index contributed by atoms with van der Waals surface area (Å²) in [5, 5.41) is 8.87. The Bertz CT molecular complexity index is 106. The van der Waals surface area contributed by atoms with Crippen molar-refractivity contribution in [1.29, 1.82) is 0 Å². The van der Waals surface area contributed by atoms with Crippen LogP contribution in [0, 0.1) is 0 Å². The van der Waals surface area contributed by atoms with E-state index in [9.17, 15) is 4.79 Å². The molecule has 0 saturated carbocycles. The molecule has 0 aliphatic carbocycles. The van der Waals surface area contributed by atoms with E-state index < -0.39 is 5.97 Å². The summed E-state index contributed by atoms with van der Waals surface area (Å²) in [6.45, 7) is 0.741. The summed E-state index contributed by atoms with van der Waals surface area (Å²) < 4.78 is 9.16. The average Bonchev–Trinajstić information content (AvgIpc) is 1.90. The van der Waals surface area contributed by atoms with Crippen LogP contribution in [0.2, 0.25) is 0 Å². The summed E-state index contributed by atoms with van der Waals surface area (Å²) >= 11 is 0. The summed E-state index contributed by atoms with van der Waals surface area (Å²) in [6.07, 6.45) is 0.961. The molecule has 0 bridgehead atoms. The Morgan fingerprint density at radius 2 is 2.00 bits per heavy atom. The number of ether oxygens (including phenoxy) is 2. The highest BCUT2D eigenvalue weighted by Gasteiger charge is 2.30. The molecule has 4 nitrogen and oxygen atoms in total. The third kappa shape index (κ3) is 1.48. The molecule has 0 aromatic rings. The lowest BCUT2D eigenvalue weighted by Gasteiger charge is -2.25. The van der Waals surface area contributed by atoms with Gasteiger partial charge in [0.15, 0.2) is 0 Å². The largest absolute Gasteiger partial charge is 0.341 e. The Hall–Kier alpha value is -0.450. The van der Waals surface area contributed by atoms with E-state index in [0.717, 1.165) is 6.42 Å². The summed E-state index contributed by atoms with van der Waals surface area (Å²) in [5.41, 5.74) is 0. The minimum atomic E-state index is -1.96. The first kappa shape index (κ1) is 6.67. The van der Waals surface area contributed by atoms with E-state index in [1.54, 1.807) is 0 Å². The maximum atomic E-state index is 9.98. The molecule has 1 N–H and O–H groups in total. The lowest BCUT2D eigenvalue weighted by molar-refractivity contribution is -0.346. The summed E-state index contributed by atoms with van der Waals surface area (Å²) in [4.78, 5) is 9.98. The first-order valence-corrected chi connectivity index (χ1v) is 2.73. The van der Waals surface area contributed by atoms with Crippen molar-refractivity contribution in [3.05, 3.63) is 0 Å². The zero-order chi connectivity index (χ0) is 6.74. The summed E-state index contributed by atoms with van der Waals surface area (Å²) in [5.74, 6) is -1.96.